The molecule has 0 spiro atoms. The molecule has 0 fully saturated rings. The van der Waals surface area contributed by atoms with E-state index >= 15 is 0 Å². The van der Waals surface area contributed by atoms with Crippen LogP contribution in [0.2, 0.25) is 0 Å². The smallest absolute Gasteiger partial charge is 0.126 e. The average molecular weight is 217 g/mol. The van der Waals surface area contributed by atoms with E-state index in [1.807, 2.05) is 38.1 Å². The number of anilines is 1. The van der Waals surface area contributed by atoms with Crippen molar-refractivity contribution in [2.24, 2.45) is 0 Å². The third-order valence-corrected chi connectivity index (χ3v) is 2.44. The molecule has 0 saturated carbocycles. The lowest BCUT2D eigenvalue weighted by atomic mass is 10.2. The molecule has 2 rings (SSSR count). The van der Waals surface area contributed by atoms with E-state index in [2.05, 4.69) is 5.32 Å². The fourth-order valence-electron chi connectivity index (χ4n) is 1.56. The fraction of sp³-hybridized carbons (Fsp3) is 0.231. The SMILES string of the molecule is Cc1ccc(C(C)Nc2ccc(O)cc2)o1. The van der Waals surface area contributed by atoms with Crippen LogP contribution in [0, 0.1) is 6.92 Å². The third-order valence-electron chi connectivity index (χ3n) is 2.44. The van der Waals surface area contributed by atoms with Crippen molar-refractivity contribution in [3.63, 3.8) is 0 Å². The lowest BCUT2D eigenvalue weighted by molar-refractivity contribution is 0.466. The Morgan fingerprint density at radius 2 is 1.81 bits per heavy atom. The Kier molecular flexibility index (Phi) is 2.86. The monoisotopic (exact) mass is 217 g/mol. The fourth-order valence-corrected chi connectivity index (χ4v) is 1.56. The Hall–Kier alpha value is -1.90. The van der Waals surface area contributed by atoms with Gasteiger partial charge in [-0.3, -0.25) is 0 Å². The Balaban J connectivity index is 2.07. The maximum absolute atomic E-state index is 9.16. The van der Waals surface area contributed by atoms with E-state index in [0.717, 1.165) is 17.2 Å². The predicted molar refractivity (Wildman–Crippen MR) is 63.6 cm³/mol. The molecule has 3 heteroatoms. The van der Waals surface area contributed by atoms with E-state index in [0.29, 0.717) is 0 Å². The number of furan rings is 1. The van der Waals surface area contributed by atoms with Gasteiger partial charge in [0.2, 0.25) is 0 Å². The van der Waals surface area contributed by atoms with Gasteiger partial charge in [-0.25, -0.2) is 0 Å². The molecule has 0 bridgehead atoms. The standard InChI is InChI=1S/C13H15NO2/c1-9-3-8-13(16-9)10(2)14-11-4-6-12(15)7-5-11/h3-8,10,14-15H,1-2H3. The number of rotatable bonds is 3. The Morgan fingerprint density at radius 1 is 1.12 bits per heavy atom. The van der Waals surface area contributed by atoms with Crippen LogP contribution < -0.4 is 5.32 Å². The first kappa shape index (κ1) is 10.6. The largest absolute Gasteiger partial charge is 0.508 e. The van der Waals surface area contributed by atoms with Gasteiger partial charge in [0.05, 0.1) is 6.04 Å². The summed E-state index contributed by atoms with van der Waals surface area (Å²) in [4.78, 5) is 0. The van der Waals surface area contributed by atoms with Gasteiger partial charge in [0, 0.05) is 5.69 Å². The first-order valence-electron chi connectivity index (χ1n) is 5.27. The molecule has 1 atom stereocenters. The molecule has 1 aromatic carbocycles. The van der Waals surface area contributed by atoms with Crippen molar-refractivity contribution in [1.82, 2.24) is 0 Å². The molecule has 2 N–H and O–H groups in total. The van der Waals surface area contributed by atoms with Gasteiger partial charge in [-0.15, -0.1) is 0 Å². The number of phenolic OH excluding ortho intramolecular Hbond substituents is 1. The molecule has 1 aromatic heterocycles. The van der Waals surface area contributed by atoms with Crippen molar-refractivity contribution in [2.75, 3.05) is 5.32 Å². The molecule has 0 aliphatic carbocycles. The van der Waals surface area contributed by atoms with Crippen molar-refractivity contribution >= 4 is 5.69 Å². The van der Waals surface area contributed by atoms with Crippen LogP contribution in [0.5, 0.6) is 5.75 Å². The molecule has 1 heterocycles. The van der Waals surface area contributed by atoms with Gasteiger partial charge in [0.15, 0.2) is 0 Å². The maximum Gasteiger partial charge on any atom is 0.126 e. The van der Waals surface area contributed by atoms with Crippen molar-refractivity contribution in [1.29, 1.82) is 0 Å². The topological polar surface area (TPSA) is 45.4 Å². The van der Waals surface area contributed by atoms with Gasteiger partial charge in [0.25, 0.3) is 0 Å². The highest BCUT2D eigenvalue weighted by atomic mass is 16.3. The number of aryl methyl sites for hydroxylation is 1. The van der Waals surface area contributed by atoms with Crippen molar-refractivity contribution in [3.05, 3.63) is 47.9 Å². The lowest BCUT2D eigenvalue weighted by Gasteiger charge is -2.12. The molecule has 84 valence electrons. The van der Waals surface area contributed by atoms with Crippen molar-refractivity contribution < 1.29 is 9.52 Å². The van der Waals surface area contributed by atoms with E-state index in [1.54, 1.807) is 12.1 Å². The Labute approximate surface area is 94.7 Å². The maximum atomic E-state index is 9.16. The van der Waals surface area contributed by atoms with Crippen LogP contribution in [0.25, 0.3) is 0 Å². The highest BCUT2D eigenvalue weighted by Crippen LogP contribution is 2.22. The second-order valence-electron chi connectivity index (χ2n) is 3.86. The van der Waals surface area contributed by atoms with Crippen LogP contribution in [-0.2, 0) is 0 Å². The normalized spacial score (nSPS) is 12.4. The van der Waals surface area contributed by atoms with E-state index in [4.69, 9.17) is 9.52 Å². The highest BCUT2D eigenvalue weighted by molar-refractivity contribution is 5.47. The van der Waals surface area contributed by atoms with Crippen LogP contribution in [-0.4, -0.2) is 5.11 Å². The van der Waals surface area contributed by atoms with E-state index in [1.165, 1.54) is 0 Å². The minimum atomic E-state index is 0.109. The van der Waals surface area contributed by atoms with Gasteiger partial charge in [-0.1, -0.05) is 0 Å². The van der Waals surface area contributed by atoms with Crippen LogP contribution >= 0.6 is 0 Å². The molecular weight excluding hydrogens is 202 g/mol. The van der Waals surface area contributed by atoms with Crippen LogP contribution in [0.4, 0.5) is 5.69 Å². The molecule has 2 aromatic rings. The number of hydrogen-bond donors (Lipinski definition) is 2. The zero-order valence-corrected chi connectivity index (χ0v) is 9.40. The van der Waals surface area contributed by atoms with Gasteiger partial charge in [-0.05, 0) is 50.2 Å². The molecule has 0 amide bonds. The molecule has 16 heavy (non-hydrogen) atoms. The highest BCUT2D eigenvalue weighted by Gasteiger charge is 2.08. The number of nitrogens with one attached hydrogen (secondary N) is 1. The van der Waals surface area contributed by atoms with E-state index < -0.39 is 0 Å². The number of aromatic hydroxyl groups is 1. The quantitative estimate of drug-likeness (QED) is 0.774. The number of hydrogen-bond acceptors (Lipinski definition) is 3. The second-order valence-corrected chi connectivity index (χ2v) is 3.86. The minimum absolute atomic E-state index is 0.109. The Bertz CT molecular complexity index is 459. The van der Waals surface area contributed by atoms with E-state index in [-0.39, 0.29) is 11.8 Å². The number of phenols is 1. The summed E-state index contributed by atoms with van der Waals surface area (Å²) in [6, 6.07) is 11.0. The zero-order valence-electron chi connectivity index (χ0n) is 9.40. The van der Waals surface area contributed by atoms with Crippen molar-refractivity contribution in [2.45, 2.75) is 19.9 Å². The van der Waals surface area contributed by atoms with Gasteiger partial charge >= 0.3 is 0 Å². The summed E-state index contributed by atoms with van der Waals surface area (Å²) in [6.45, 7) is 3.96. The summed E-state index contributed by atoms with van der Waals surface area (Å²) in [5, 5.41) is 12.5. The first-order valence-corrected chi connectivity index (χ1v) is 5.27. The van der Waals surface area contributed by atoms with Crippen LogP contribution in [0.1, 0.15) is 24.5 Å². The van der Waals surface area contributed by atoms with Crippen molar-refractivity contribution in [3.8, 4) is 5.75 Å². The molecule has 0 aliphatic heterocycles. The van der Waals surface area contributed by atoms with Crippen LogP contribution in [0.3, 0.4) is 0 Å². The summed E-state index contributed by atoms with van der Waals surface area (Å²) in [6.07, 6.45) is 0. The summed E-state index contributed by atoms with van der Waals surface area (Å²) in [7, 11) is 0. The van der Waals surface area contributed by atoms with Crippen LogP contribution in [0.15, 0.2) is 40.8 Å². The van der Waals surface area contributed by atoms with Gasteiger partial charge in [0.1, 0.15) is 17.3 Å². The third kappa shape index (κ3) is 2.37. The van der Waals surface area contributed by atoms with E-state index in [9.17, 15) is 0 Å². The molecule has 0 saturated heterocycles. The second kappa shape index (κ2) is 4.31. The first-order chi connectivity index (χ1) is 7.65. The summed E-state index contributed by atoms with van der Waals surface area (Å²) in [5.74, 6) is 2.09. The average Bonchev–Trinajstić information content (AvgIpc) is 2.68. The molecule has 0 radical (unpaired) electrons. The molecule has 1 unspecified atom stereocenters. The Morgan fingerprint density at radius 3 is 2.38 bits per heavy atom. The number of benzene rings is 1. The summed E-state index contributed by atoms with van der Waals surface area (Å²) < 4.78 is 5.53. The summed E-state index contributed by atoms with van der Waals surface area (Å²) >= 11 is 0. The van der Waals surface area contributed by atoms with Gasteiger partial charge < -0.3 is 14.8 Å². The minimum Gasteiger partial charge on any atom is -0.508 e. The molecule has 3 nitrogen and oxygen atoms in total. The molecule has 0 aliphatic rings. The van der Waals surface area contributed by atoms with Gasteiger partial charge in [-0.2, -0.15) is 0 Å². The zero-order chi connectivity index (χ0) is 11.5. The summed E-state index contributed by atoms with van der Waals surface area (Å²) in [5.41, 5.74) is 0.958. The lowest BCUT2D eigenvalue weighted by Crippen LogP contribution is -2.05. The molecular formula is C13H15NO2. The predicted octanol–water partition coefficient (Wildman–Crippen LogP) is 3.47.